The summed E-state index contributed by atoms with van der Waals surface area (Å²) >= 11 is 0. The summed E-state index contributed by atoms with van der Waals surface area (Å²) in [5, 5.41) is 9.63. The van der Waals surface area contributed by atoms with Gasteiger partial charge in [0.2, 0.25) is 0 Å². The van der Waals surface area contributed by atoms with E-state index in [2.05, 4.69) is 60.7 Å². The fourth-order valence-electron chi connectivity index (χ4n) is 2.65. The van der Waals surface area contributed by atoms with Crippen LogP contribution in [0.2, 0.25) is 18.1 Å². The molecule has 23 heavy (non-hydrogen) atoms. The highest BCUT2D eigenvalue weighted by Gasteiger charge is 2.38. The van der Waals surface area contributed by atoms with Crippen LogP contribution in [0.3, 0.4) is 0 Å². The second-order valence-electron chi connectivity index (χ2n) is 9.25. The number of hydrogen-bond donors (Lipinski definition) is 1. The minimum atomic E-state index is -1.72. The van der Waals surface area contributed by atoms with Crippen LogP contribution in [0.15, 0.2) is 11.6 Å². The molecule has 0 aliphatic carbocycles. The molecule has 1 saturated heterocycles. The first-order valence-electron chi connectivity index (χ1n) is 8.57. The van der Waals surface area contributed by atoms with E-state index in [-0.39, 0.29) is 16.5 Å². The standard InChI is InChI=1S/C18H35NO3Si/c1-17(2,3)15-13-14(9-11-19(15)16(20)21)10-12-22-23(7,8)18(4,5)6/h10,15H,9,11-13H2,1-8H3,(H,20,21). The van der Waals surface area contributed by atoms with Crippen LogP contribution >= 0.6 is 0 Å². The Morgan fingerprint density at radius 2 is 1.87 bits per heavy atom. The number of hydrogen-bond acceptors (Lipinski definition) is 2. The number of likely N-dealkylation sites (tertiary alicyclic amines) is 1. The van der Waals surface area contributed by atoms with Crippen LogP contribution in [0, 0.1) is 5.41 Å². The first-order valence-corrected chi connectivity index (χ1v) is 11.5. The molecule has 0 aromatic heterocycles. The maximum atomic E-state index is 11.5. The zero-order chi connectivity index (χ0) is 18.1. The van der Waals surface area contributed by atoms with Gasteiger partial charge in [-0.2, -0.15) is 0 Å². The topological polar surface area (TPSA) is 49.8 Å². The molecule has 0 radical (unpaired) electrons. The Kier molecular flexibility index (Phi) is 6.13. The third-order valence-corrected chi connectivity index (χ3v) is 9.87. The van der Waals surface area contributed by atoms with Crippen molar-refractivity contribution in [1.29, 1.82) is 0 Å². The maximum absolute atomic E-state index is 11.5. The Morgan fingerprint density at radius 3 is 2.30 bits per heavy atom. The van der Waals surface area contributed by atoms with Gasteiger partial charge >= 0.3 is 6.09 Å². The van der Waals surface area contributed by atoms with Gasteiger partial charge in [-0.15, -0.1) is 0 Å². The Morgan fingerprint density at radius 1 is 1.30 bits per heavy atom. The summed E-state index contributed by atoms with van der Waals surface area (Å²) in [4.78, 5) is 13.1. The van der Waals surface area contributed by atoms with E-state index in [9.17, 15) is 9.90 Å². The molecule has 4 nitrogen and oxygen atoms in total. The van der Waals surface area contributed by atoms with Gasteiger partial charge in [-0.1, -0.05) is 53.2 Å². The summed E-state index contributed by atoms with van der Waals surface area (Å²) in [5.41, 5.74) is 1.28. The first kappa shape index (κ1) is 20.2. The molecular weight excluding hydrogens is 306 g/mol. The zero-order valence-electron chi connectivity index (χ0n) is 16.2. The lowest BCUT2D eigenvalue weighted by Gasteiger charge is -2.43. The van der Waals surface area contributed by atoms with Gasteiger partial charge in [-0.25, -0.2) is 4.79 Å². The predicted octanol–water partition coefficient (Wildman–Crippen LogP) is 5.12. The number of rotatable bonds is 3. The fraction of sp³-hybridized carbons (Fsp3) is 0.833. The lowest BCUT2D eigenvalue weighted by molar-refractivity contribution is 0.0719. The lowest BCUT2D eigenvalue weighted by Crippen LogP contribution is -2.50. The second kappa shape index (κ2) is 6.97. The van der Waals surface area contributed by atoms with Gasteiger partial charge in [0, 0.05) is 12.6 Å². The number of nitrogens with zero attached hydrogens (tertiary/aromatic N) is 1. The summed E-state index contributed by atoms with van der Waals surface area (Å²) in [6.45, 7) is 18.8. The number of amides is 1. The van der Waals surface area contributed by atoms with E-state index in [0.29, 0.717) is 13.2 Å². The van der Waals surface area contributed by atoms with Crippen molar-refractivity contribution in [3.8, 4) is 0 Å². The molecule has 1 unspecified atom stereocenters. The Labute approximate surface area is 143 Å². The smallest absolute Gasteiger partial charge is 0.407 e. The highest BCUT2D eigenvalue weighted by molar-refractivity contribution is 6.74. The average molecular weight is 342 g/mol. The predicted molar refractivity (Wildman–Crippen MR) is 98.4 cm³/mol. The van der Waals surface area contributed by atoms with Gasteiger partial charge in [0.1, 0.15) is 0 Å². The molecule has 0 aromatic carbocycles. The van der Waals surface area contributed by atoms with Crippen molar-refractivity contribution < 1.29 is 14.3 Å². The molecule has 1 N–H and O–H groups in total. The monoisotopic (exact) mass is 341 g/mol. The molecule has 0 bridgehead atoms. The fourth-order valence-corrected chi connectivity index (χ4v) is 3.59. The highest BCUT2D eigenvalue weighted by Crippen LogP contribution is 2.37. The van der Waals surface area contributed by atoms with Crippen LogP contribution in [0.4, 0.5) is 4.79 Å². The quantitative estimate of drug-likeness (QED) is 0.572. The van der Waals surface area contributed by atoms with E-state index in [0.717, 1.165) is 12.8 Å². The SMILES string of the molecule is CC(C)(C)C1CC(=CCO[Si](C)(C)C(C)(C)C)CCN1C(=O)O. The van der Waals surface area contributed by atoms with E-state index in [1.807, 2.05) is 0 Å². The Balaban J connectivity index is 2.75. The van der Waals surface area contributed by atoms with E-state index >= 15 is 0 Å². The van der Waals surface area contributed by atoms with Crippen LogP contribution in [-0.4, -0.2) is 43.6 Å². The Bertz CT molecular complexity index is 458. The molecule has 1 aliphatic rings. The molecule has 0 spiro atoms. The maximum Gasteiger partial charge on any atom is 0.407 e. The van der Waals surface area contributed by atoms with Gasteiger partial charge in [-0.05, 0) is 36.4 Å². The summed E-state index contributed by atoms with van der Waals surface area (Å²) in [6, 6.07) is 0.0351. The van der Waals surface area contributed by atoms with Crippen LogP contribution in [0.1, 0.15) is 54.4 Å². The average Bonchev–Trinajstić information content (AvgIpc) is 2.35. The van der Waals surface area contributed by atoms with E-state index in [1.54, 1.807) is 4.90 Å². The van der Waals surface area contributed by atoms with Crippen molar-refractivity contribution in [3.05, 3.63) is 11.6 Å². The molecule has 0 saturated carbocycles. The lowest BCUT2D eigenvalue weighted by atomic mass is 9.79. The minimum Gasteiger partial charge on any atom is -0.465 e. The van der Waals surface area contributed by atoms with Gasteiger partial charge in [0.05, 0.1) is 6.61 Å². The molecule has 1 rings (SSSR count). The van der Waals surface area contributed by atoms with Crippen molar-refractivity contribution in [2.45, 2.75) is 78.6 Å². The van der Waals surface area contributed by atoms with Crippen molar-refractivity contribution >= 4 is 14.4 Å². The van der Waals surface area contributed by atoms with E-state index in [4.69, 9.17) is 4.43 Å². The van der Waals surface area contributed by atoms with Crippen LogP contribution in [-0.2, 0) is 4.43 Å². The summed E-state index contributed by atoms with van der Waals surface area (Å²) in [6.07, 6.45) is 3.02. The molecule has 5 heteroatoms. The summed E-state index contributed by atoms with van der Waals surface area (Å²) in [5.74, 6) is 0. The van der Waals surface area contributed by atoms with Crippen molar-refractivity contribution in [1.82, 2.24) is 4.90 Å². The highest BCUT2D eigenvalue weighted by atomic mass is 28.4. The number of piperidine rings is 1. The molecule has 1 atom stereocenters. The Hall–Kier alpha value is -0.813. The van der Waals surface area contributed by atoms with Gasteiger partial charge in [0.25, 0.3) is 0 Å². The minimum absolute atomic E-state index is 0.0351. The molecule has 1 aliphatic heterocycles. The normalized spacial score (nSPS) is 22.5. The van der Waals surface area contributed by atoms with Crippen LogP contribution < -0.4 is 0 Å². The van der Waals surface area contributed by atoms with Crippen molar-refractivity contribution in [2.75, 3.05) is 13.2 Å². The summed E-state index contributed by atoms with van der Waals surface area (Å²) < 4.78 is 6.22. The van der Waals surface area contributed by atoms with Gasteiger partial charge in [0.15, 0.2) is 8.32 Å². The zero-order valence-corrected chi connectivity index (χ0v) is 17.2. The van der Waals surface area contributed by atoms with E-state index < -0.39 is 14.4 Å². The van der Waals surface area contributed by atoms with Crippen LogP contribution in [0.25, 0.3) is 0 Å². The summed E-state index contributed by atoms with van der Waals surface area (Å²) in [7, 11) is -1.72. The van der Waals surface area contributed by atoms with E-state index in [1.165, 1.54) is 5.57 Å². The van der Waals surface area contributed by atoms with Gasteiger partial charge < -0.3 is 14.4 Å². The molecule has 134 valence electrons. The van der Waals surface area contributed by atoms with Crippen LogP contribution in [0.5, 0.6) is 0 Å². The number of carbonyl (C=O) groups is 1. The molecule has 1 amide bonds. The van der Waals surface area contributed by atoms with Crippen molar-refractivity contribution in [3.63, 3.8) is 0 Å². The molecule has 0 aromatic rings. The third-order valence-electron chi connectivity index (χ3n) is 5.37. The first-order chi connectivity index (χ1) is 10.3. The molecular formula is C18H35NO3Si. The molecule has 1 fully saturated rings. The third kappa shape index (κ3) is 5.35. The largest absolute Gasteiger partial charge is 0.465 e. The van der Waals surface area contributed by atoms with Gasteiger partial charge in [-0.3, -0.25) is 0 Å². The second-order valence-corrected chi connectivity index (χ2v) is 14.1. The molecule has 1 heterocycles. The number of carboxylic acid groups (broad SMARTS) is 1. The van der Waals surface area contributed by atoms with Crippen molar-refractivity contribution in [2.24, 2.45) is 5.41 Å².